The van der Waals surface area contributed by atoms with Gasteiger partial charge in [-0.15, -0.1) is 0 Å². The van der Waals surface area contributed by atoms with Gasteiger partial charge < -0.3 is 5.73 Å². The molecule has 1 aromatic rings. The van der Waals surface area contributed by atoms with Crippen molar-refractivity contribution in [3.05, 3.63) is 28.2 Å². The fourth-order valence-corrected chi connectivity index (χ4v) is 1.54. The molecule has 0 bridgehead atoms. The lowest BCUT2D eigenvalue weighted by molar-refractivity contribution is 0.982. The number of benzene rings is 1. The van der Waals surface area contributed by atoms with Crippen LogP contribution < -0.4 is 5.73 Å². The highest BCUT2D eigenvalue weighted by Crippen LogP contribution is 2.25. The summed E-state index contributed by atoms with van der Waals surface area (Å²) in [4.78, 5) is 4.37. The van der Waals surface area contributed by atoms with Crippen LogP contribution in [0.2, 0.25) is 0 Å². The van der Waals surface area contributed by atoms with Gasteiger partial charge in [0.25, 0.3) is 0 Å². The number of aliphatic imine (C=N–C) groups is 1. The van der Waals surface area contributed by atoms with Gasteiger partial charge in [0.2, 0.25) is 0 Å². The zero-order chi connectivity index (χ0) is 10.6. The third-order valence-corrected chi connectivity index (χ3v) is 2.87. The molecule has 0 aliphatic rings. The summed E-state index contributed by atoms with van der Waals surface area (Å²) in [5.41, 5.74) is 7.85. The average molecular weight is 255 g/mol. The van der Waals surface area contributed by atoms with E-state index in [0.29, 0.717) is 5.84 Å². The lowest BCUT2D eigenvalue weighted by atomic mass is 10.2. The topological polar surface area (TPSA) is 38.4 Å². The monoisotopic (exact) mass is 254 g/mol. The summed E-state index contributed by atoms with van der Waals surface area (Å²) < 4.78 is 1.07. The highest BCUT2D eigenvalue weighted by molar-refractivity contribution is 9.10. The first-order chi connectivity index (χ1) is 6.65. The molecule has 3 heteroatoms. The molecule has 14 heavy (non-hydrogen) atoms. The first-order valence-electron chi connectivity index (χ1n) is 4.73. The maximum Gasteiger partial charge on any atom is 0.0996 e. The second kappa shape index (κ2) is 5.15. The molecule has 2 N–H and O–H groups in total. The first kappa shape index (κ1) is 11.2. The summed E-state index contributed by atoms with van der Waals surface area (Å²) in [7, 11) is 0. The van der Waals surface area contributed by atoms with Gasteiger partial charge in [-0.1, -0.05) is 28.9 Å². The van der Waals surface area contributed by atoms with Gasteiger partial charge in [0.1, 0.15) is 0 Å². The van der Waals surface area contributed by atoms with Crippen LogP contribution in [0.25, 0.3) is 0 Å². The lowest BCUT2D eigenvalue weighted by Crippen LogP contribution is -2.10. The van der Waals surface area contributed by atoms with Crippen LogP contribution in [0.1, 0.15) is 25.3 Å². The summed E-state index contributed by atoms with van der Waals surface area (Å²) in [6.45, 7) is 4.12. The number of hydrogen-bond acceptors (Lipinski definition) is 1. The molecule has 0 saturated heterocycles. The Labute approximate surface area is 93.4 Å². The smallest absolute Gasteiger partial charge is 0.0996 e. The molecule has 0 aliphatic heterocycles. The highest BCUT2D eigenvalue weighted by atomic mass is 79.9. The Morgan fingerprint density at radius 2 is 2.21 bits per heavy atom. The molecule has 0 amide bonds. The molecule has 2 nitrogen and oxygen atoms in total. The van der Waals surface area contributed by atoms with Gasteiger partial charge in [0.05, 0.1) is 11.5 Å². The van der Waals surface area contributed by atoms with E-state index in [4.69, 9.17) is 5.73 Å². The predicted octanol–water partition coefficient (Wildman–Crippen LogP) is 3.55. The fraction of sp³-hybridized carbons (Fsp3) is 0.364. The van der Waals surface area contributed by atoms with Crippen molar-refractivity contribution in [1.82, 2.24) is 0 Å². The zero-order valence-corrected chi connectivity index (χ0v) is 10.1. The van der Waals surface area contributed by atoms with Crippen LogP contribution in [-0.2, 0) is 0 Å². The van der Waals surface area contributed by atoms with Crippen molar-refractivity contribution in [2.45, 2.75) is 26.7 Å². The Kier molecular flexibility index (Phi) is 4.14. The quantitative estimate of drug-likeness (QED) is 0.651. The minimum atomic E-state index is 0.703. The average Bonchev–Trinajstić information content (AvgIpc) is 2.13. The molecule has 0 unspecified atom stereocenters. The van der Waals surface area contributed by atoms with E-state index < -0.39 is 0 Å². The van der Waals surface area contributed by atoms with Crippen LogP contribution in [-0.4, -0.2) is 5.84 Å². The summed E-state index contributed by atoms with van der Waals surface area (Å²) in [6, 6.07) is 5.95. The maximum atomic E-state index is 5.77. The van der Waals surface area contributed by atoms with Crippen LogP contribution in [0.15, 0.2) is 27.7 Å². The molecule has 0 aliphatic carbocycles. The summed E-state index contributed by atoms with van der Waals surface area (Å²) >= 11 is 3.46. The number of nitrogens with zero attached hydrogens (tertiary/aromatic N) is 1. The van der Waals surface area contributed by atoms with Crippen LogP contribution in [0.4, 0.5) is 5.69 Å². The molecular weight excluding hydrogens is 240 g/mol. The molecule has 1 rings (SSSR count). The van der Waals surface area contributed by atoms with E-state index in [1.165, 1.54) is 0 Å². The Balaban J connectivity index is 2.96. The summed E-state index contributed by atoms with van der Waals surface area (Å²) in [5.74, 6) is 0.703. The van der Waals surface area contributed by atoms with Crippen molar-refractivity contribution in [2.24, 2.45) is 10.7 Å². The number of amidine groups is 1. The lowest BCUT2D eigenvalue weighted by Gasteiger charge is -2.03. The van der Waals surface area contributed by atoms with Crippen molar-refractivity contribution >= 4 is 27.5 Å². The van der Waals surface area contributed by atoms with E-state index in [9.17, 15) is 0 Å². The molecule has 0 fully saturated rings. The second-order valence-corrected chi connectivity index (χ2v) is 4.09. The predicted molar refractivity (Wildman–Crippen MR) is 65.1 cm³/mol. The fourth-order valence-electron chi connectivity index (χ4n) is 1.18. The van der Waals surface area contributed by atoms with E-state index in [0.717, 1.165) is 28.6 Å². The Morgan fingerprint density at radius 3 is 2.86 bits per heavy atom. The van der Waals surface area contributed by atoms with Crippen molar-refractivity contribution in [2.75, 3.05) is 0 Å². The van der Waals surface area contributed by atoms with E-state index in [-0.39, 0.29) is 0 Å². The summed E-state index contributed by atoms with van der Waals surface area (Å²) in [5, 5.41) is 0. The largest absolute Gasteiger partial charge is 0.387 e. The second-order valence-electron chi connectivity index (χ2n) is 3.24. The van der Waals surface area contributed by atoms with Gasteiger partial charge in [0, 0.05) is 10.9 Å². The SMILES string of the molecule is CCCC(N)=Nc1cccc(Br)c1C. The van der Waals surface area contributed by atoms with Crippen LogP contribution in [0.3, 0.4) is 0 Å². The number of halogens is 1. The van der Waals surface area contributed by atoms with Gasteiger partial charge in [-0.2, -0.15) is 0 Å². The maximum absolute atomic E-state index is 5.77. The third kappa shape index (κ3) is 2.84. The summed E-state index contributed by atoms with van der Waals surface area (Å²) in [6.07, 6.45) is 1.88. The van der Waals surface area contributed by atoms with Gasteiger partial charge in [-0.3, -0.25) is 0 Å². The van der Waals surface area contributed by atoms with E-state index in [1.807, 2.05) is 25.1 Å². The standard InChI is InChI=1S/C11H15BrN2/c1-3-5-11(13)14-10-7-4-6-9(12)8(10)2/h4,6-7H,3,5H2,1-2H3,(H2,13,14). The van der Waals surface area contributed by atoms with Gasteiger partial charge in [-0.05, 0) is 31.0 Å². The van der Waals surface area contributed by atoms with Crippen LogP contribution in [0, 0.1) is 6.92 Å². The van der Waals surface area contributed by atoms with E-state index in [2.05, 4.69) is 27.8 Å². The minimum absolute atomic E-state index is 0.703. The number of nitrogens with two attached hydrogens (primary N) is 1. The van der Waals surface area contributed by atoms with Crippen molar-refractivity contribution in [1.29, 1.82) is 0 Å². The Morgan fingerprint density at radius 1 is 1.50 bits per heavy atom. The molecule has 0 heterocycles. The number of hydrogen-bond donors (Lipinski definition) is 1. The normalized spacial score (nSPS) is 11.8. The van der Waals surface area contributed by atoms with Gasteiger partial charge >= 0.3 is 0 Å². The van der Waals surface area contributed by atoms with Crippen molar-refractivity contribution in [3.8, 4) is 0 Å². The first-order valence-corrected chi connectivity index (χ1v) is 5.52. The molecular formula is C11H15BrN2. The minimum Gasteiger partial charge on any atom is -0.387 e. The van der Waals surface area contributed by atoms with Crippen LogP contribution >= 0.6 is 15.9 Å². The molecule has 76 valence electrons. The molecule has 0 saturated carbocycles. The Hall–Kier alpha value is -0.830. The molecule has 1 aromatic carbocycles. The number of rotatable bonds is 3. The molecule has 0 spiro atoms. The third-order valence-electron chi connectivity index (χ3n) is 2.01. The van der Waals surface area contributed by atoms with Crippen molar-refractivity contribution < 1.29 is 0 Å². The van der Waals surface area contributed by atoms with Gasteiger partial charge in [-0.25, -0.2) is 4.99 Å². The highest BCUT2D eigenvalue weighted by Gasteiger charge is 2.00. The van der Waals surface area contributed by atoms with E-state index in [1.54, 1.807) is 0 Å². The molecule has 0 aromatic heterocycles. The Bertz CT molecular complexity index is 345. The van der Waals surface area contributed by atoms with Gasteiger partial charge in [0.15, 0.2) is 0 Å². The van der Waals surface area contributed by atoms with Crippen molar-refractivity contribution in [3.63, 3.8) is 0 Å². The van der Waals surface area contributed by atoms with Crippen LogP contribution in [0.5, 0.6) is 0 Å². The molecule has 0 atom stereocenters. The molecule has 0 radical (unpaired) electrons. The van der Waals surface area contributed by atoms with E-state index >= 15 is 0 Å². The zero-order valence-electron chi connectivity index (χ0n) is 8.55.